The minimum Gasteiger partial charge on any atom is -0.356 e. The van der Waals surface area contributed by atoms with Crippen LogP contribution in [-0.4, -0.2) is 38.0 Å². The van der Waals surface area contributed by atoms with Gasteiger partial charge in [-0.2, -0.15) is 0 Å². The van der Waals surface area contributed by atoms with Gasteiger partial charge in [-0.15, -0.1) is 0 Å². The monoisotopic (exact) mass is 283 g/mol. The lowest BCUT2D eigenvalue weighted by Gasteiger charge is -2.21. The molecule has 0 spiro atoms. The van der Waals surface area contributed by atoms with Crippen LogP contribution < -0.4 is 5.32 Å². The summed E-state index contributed by atoms with van der Waals surface area (Å²) in [7, 11) is 3.68. The Kier molecular flexibility index (Phi) is 6.98. The quantitative estimate of drug-likeness (QED) is 0.642. The molecule has 0 unspecified atom stereocenters. The first-order valence-corrected chi connectivity index (χ1v) is 6.94. The van der Waals surface area contributed by atoms with Gasteiger partial charge in [0.05, 0.1) is 0 Å². The molecule has 0 saturated heterocycles. The molecule has 0 fully saturated rings. The zero-order valence-corrected chi connectivity index (χ0v) is 12.4. The third-order valence-corrected chi connectivity index (χ3v) is 3.13. The average molecular weight is 283 g/mol. The smallest absolute Gasteiger partial charge is 0.193 e. The number of halogens is 2. The van der Waals surface area contributed by atoms with Gasteiger partial charge in [0.15, 0.2) is 17.6 Å². The summed E-state index contributed by atoms with van der Waals surface area (Å²) in [6.07, 6.45) is 2.63. The molecule has 1 rings (SSSR count). The Bertz CT molecular complexity index is 447. The summed E-state index contributed by atoms with van der Waals surface area (Å²) in [6, 6.07) is 4.25. The molecule has 0 heterocycles. The molecule has 0 aliphatic carbocycles. The molecule has 1 N–H and O–H groups in total. The highest BCUT2D eigenvalue weighted by Crippen LogP contribution is 2.11. The van der Waals surface area contributed by atoms with Crippen LogP contribution in [0.5, 0.6) is 0 Å². The molecule has 1 aromatic rings. The molecule has 0 bridgehead atoms. The molecule has 0 aliphatic rings. The zero-order chi connectivity index (χ0) is 15.0. The fourth-order valence-corrected chi connectivity index (χ4v) is 1.94. The first-order chi connectivity index (χ1) is 9.60. The fourth-order valence-electron chi connectivity index (χ4n) is 1.94. The number of hydrogen-bond acceptors (Lipinski definition) is 1. The molecule has 0 atom stereocenters. The molecule has 0 aromatic heterocycles. The predicted octanol–water partition coefficient (Wildman–Crippen LogP) is 2.81. The van der Waals surface area contributed by atoms with Gasteiger partial charge in [0, 0.05) is 27.2 Å². The number of hydrogen-bond donors (Lipinski definition) is 1. The summed E-state index contributed by atoms with van der Waals surface area (Å²) in [5.74, 6) is -0.786. The molecule has 0 saturated carbocycles. The first-order valence-electron chi connectivity index (χ1n) is 6.94. The van der Waals surface area contributed by atoms with Crippen molar-refractivity contribution in [1.29, 1.82) is 0 Å². The number of nitrogens with one attached hydrogen (secondary N) is 1. The van der Waals surface area contributed by atoms with Gasteiger partial charge in [0.2, 0.25) is 0 Å². The van der Waals surface area contributed by atoms with Crippen molar-refractivity contribution in [3.8, 4) is 0 Å². The van der Waals surface area contributed by atoms with Crippen LogP contribution in [0.2, 0.25) is 0 Å². The van der Waals surface area contributed by atoms with E-state index in [9.17, 15) is 8.78 Å². The maximum absolute atomic E-state index is 13.5. The van der Waals surface area contributed by atoms with E-state index in [-0.39, 0.29) is 0 Å². The van der Waals surface area contributed by atoms with Crippen molar-refractivity contribution in [3.63, 3.8) is 0 Å². The molecule has 0 radical (unpaired) electrons. The SMILES string of the molecule is CCCCN(C)C(=NC)NCCc1cccc(F)c1F. The lowest BCUT2D eigenvalue weighted by molar-refractivity contribution is 0.464. The Hall–Kier alpha value is -1.65. The predicted molar refractivity (Wildman–Crippen MR) is 79.0 cm³/mol. The highest BCUT2D eigenvalue weighted by atomic mass is 19.2. The van der Waals surface area contributed by atoms with Crippen molar-refractivity contribution < 1.29 is 8.78 Å². The van der Waals surface area contributed by atoms with Crippen LogP contribution in [0.25, 0.3) is 0 Å². The molecular formula is C15H23F2N3. The van der Waals surface area contributed by atoms with Crippen molar-refractivity contribution >= 4 is 5.96 Å². The maximum Gasteiger partial charge on any atom is 0.193 e. The lowest BCUT2D eigenvalue weighted by atomic mass is 10.1. The van der Waals surface area contributed by atoms with Crippen LogP contribution in [-0.2, 0) is 6.42 Å². The lowest BCUT2D eigenvalue weighted by Crippen LogP contribution is -2.40. The summed E-state index contributed by atoms with van der Waals surface area (Å²) in [5.41, 5.74) is 0.379. The van der Waals surface area contributed by atoms with E-state index >= 15 is 0 Å². The third kappa shape index (κ3) is 4.79. The Labute approximate surface area is 119 Å². The van der Waals surface area contributed by atoms with Gasteiger partial charge < -0.3 is 10.2 Å². The van der Waals surface area contributed by atoms with Gasteiger partial charge in [-0.05, 0) is 24.5 Å². The second kappa shape index (κ2) is 8.51. The second-order valence-corrected chi connectivity index (χ2v) is 4.71. The van der Waals surface area contributed by atoms with Crippen molar-refractivity contribution in [1.82, 2.24) is 10.2 Å². The Morgan fingerprint density at radius 1 is 1.35 bits per heavy atom. The number of benzene rings is 1. The number of guanidine groups is 1. The van der Waals surface area contributed by atoms with Crippen LogP contribution in [0.15, 0.2) is 23.2 Å². The molecule has 112 valence electrons. The molecule has 20 heavy (non-hydrogen) atoms. The highest BCUT2D eigenvalue weighted by molar-refractivity contribution is 5.79. The van der Waals surface area contributed by atoms with E-state index in [2.05, 4.69) is 17.2 Å². The summed E-state index contributed by atoms with van der Waals surface area (Å²) < 4.78 is 26.6. The van der Waals surface area contributed by atoms with Gasteiger partial charge in [-0.1, -0.05) is 25.5 Å². The Morgan fingerprint density at radius 2 is 2.10 bits per heavy atom. The van der Waals surface area contributed by atoms with E-state index in [4.69, 9.17) is 0 Å². The first kappa shape index (κ1) is 16.4. The molecule has 1 aromatic carbocycles. The maximum atomic E-state index is 13.5. The van der Waals surface area contributed by atoms with Crippen molar-refractivity contribution in [2.24, 2.45) is 4.99 Å². The van der Waals surface area contributed by atoms with Gasteiger partial charge in [0.1, 0.15) is 0 Å². The normalized spacial score (nSPS) is 11.6. The van der Waals surface area contributed by atoms with Crippen LogP contribution in [0, 0.1) is 11.6 Å². The average Bonchev–Trinajstić information content (AvgIpc) is 2.45. The number of aliphatic imine (C=N–C) groups is 1. The minimum absolute atomic E-state index is 0.379. The van der Waals surface area contributed by atoms with E-state index in [0.717, 1.165) is 31.4 Å². The standard InChI is InChI=1S/C15H23F2N3/c1-4-5-11-20(3)15(18-2)19-10-9-12-7-6-8-13(16)14(12)17/h6-8H,4-5,9-11H2,1-3H3,(H,18,19). The van der Waals surface area contributed by atoms with Crippen LogP contribution in [0.3, 0.4) is 0 Å². The zero-order valence-electron chi connectivity index (χ0n) is 12.4. The number of unbranched alkanes of at least 4 members (excludes halogenated alkanes) is 1. The summed E-state index contributed by atoms with van der Waals surface area (Å²) >= 11 is 0. The summed E-state index contributed by atoms with van der Waals surface area (Å²) in [4.78, 5) is 6.21. The van der Waals surface area contributed by atoms with E-state index in [1.807, 2.05) is 11.9 Å². The third-order valence-electron chi connectivity index (χ3n) is 3.13. The molecular weight excluding hydrogens is 260 g/mol. The topological polar surface area (TPSA) is 27.6 Å². The van der Waals surface area contributed by atoms with Gasteiger partial charge in [-0.25, -0.2) is 8.78 Å². The van der Waals surface area contributed by atoms with Crippen molar-refractivity contribution in [2.45, 2.75) is 26.2 Å². The fraction of sp³-hybridized carbons (Fsp3) is 0.533. The van der Waals surface area contributed by atoms with Gasteiger partial charge in [-0.3, -0.25) is 4.99 Å². The van der Waals surface area contributed by atoms with E-state index < -0.39 is 11.6 Å². The Morgan fingerprint density at radius 3 is 2.75 bits per heavy atom. The molecule has 0 amide bonds. The van der Waals surface area contributed by atoms with Crippen LogP contribution in [0.1, 0.15) is 25.3 Å². The number of nitrogens with zero attached hydrogens (tertiary/aromatic N) is 2. The highest BCUT2D eigenvalue weighted by Gasteiger charge is 2.08. The molecule has 3 nitrogen and oxygen atoms in total. The largest absolute Gasteiger partial charge is 0.356 e. The van der Waals surface area contributed by atoms with E-state index in [1.165, 1.54) is 6.07 Å². The number of rotatable bonds is 6. The van der Waals surface area contributed by atoms with Crippen molar-refractivity contribution in [3.05, 3.63) is 35.4 Å². The van der Waals surface area contributed by atoms with E-state index in [0.29, 0.717) is 18.5 Å². The minimum atomic E-state index is -0.799. The summed E-state index contributed by atoms with van der Waals surface area (Å²) in [6.45, 7) is 3.57. The van der Waals surface area contributed by atoms with Crippen LogP contribution >= 0.6 is 0 Å². The van der Waals surface area contributed by atoms with Gasteiger partial charge in [0.25, 0.3) is 0 Å². The molecule has 5 heteroatoms. The summed E-state index contributed by atoms with van der Waals surface area (Å²) in [5, 5.41) is 3.16. The van der Waals surface area contributed by atoms with E-state index in [1.54, 1.807) is 13.1 Å². The second-order valence-electron chi connectivity index (χ2n) is 4.71. The van der Waals surface area contributed by atoms with Crippen molar-refractivity contribution in [2.75, 3.05) is 27.2 Å². The van der Waals surface area contributed by atoms with Crippen LogP contribution in [0.4, 0.5) is 8.78 Å². The van der Waals surface area contributed by atoms with Gasteiger partial charge >= 0.3 is 0 Å². The molecule has 0 aliphatic heterocycles. The Balaban J connectivity index is 2.48.